The molecule has 9 heteroatoms. The van der Waals surface area contributed by atoms with E-state index in [1.54, 1.807) is 16.0 Å². The summed E-state index contributed by atoms with van der Waals surface area (Å²) >= 11 is 5.89. The molecule has 1 aliphatic rings. The summed E-state index contributed by atoms with van der Waals surface area (Å²) < 4.78 is 19.0. The van der Waals surface area contributed by atoms with Crippen molar-refractivity contribution in [3.63, 3.8) is 0 Å². The molecule has 1 amide bonds. The molecule has 0 spiro atoms. The standard InChI is InChI=1S/C21H21ClFN5O2/c1-12-9-18(30-26-12)14-11-24-21(27(2)3)25-19(14)17-5-4-8-28(17)20(29)13-6-7-16(23)15(22)10-13/h6-7,9-11,17H,4-5,8H2,1-3H3/t17-/m0/s1. The molecule has 2 aromatic heterocycles. The first-order valence-corrected chi connectivity index (χ1v) is 9.97. The third kappa shape index (κ3) is 3.75. The van der Waals surface area contributed by atoms with Gasteiger partial charge in [-0.2, -0.15) is 0 Å². The molecule has 1 aliphatic heterocycles. The number of aryl methyl sites for hydroxylation is 1. The largest absolute Gasteiger partial charge is 0.356 e. The number of anilines is 1. The summed E-state index contributed by atoms with van der Waals surface area (Å²) in [7, 11) is 3.71. The van der Waals surface area contributed by atoms with Crippen LogP contribution in [0.5, 0.6) is 0 Å². The molecule has 0 bridgehead atoms. The smallest absolute Gasteiger partial charge is 0.254 e. The van der Waals surface area contributed by atoms with Crippen LogP contribution in [0.25, 0.3) is 11.3 Å². The van der Waals surface area contributed by atoms with Crippen LogP contribution in [0.1, 0.15) is 40.6 Å². The lowest BCUT2D eigenvalue weighted by Gasteiger charge is -2.26. The Hall–Kier alpha value is -3.00. The monoisotopic (exact) mass is 429 g/mol. The Morgan fingerprint density at radius 1 is 1.33 bits per heavy atom. The topological polar surface area (TPSA) is 75.4 Å². The minimum atomic E-state index is -0.555. The van der Waals surface area contributed by atoms with E-state index in [9.17, 15) is 9.18 Å². The highest BCUT2D eigenvalue weighted by atomic mass is 35.5. The van der Waals surface area contributed by atoms with Crippen molar-refractivity contribution in [3.8, 4) is 11.3 Å². The summed E-state index contributed by atoms with van der Waals surface area (Å²) in [6, 6.07) is 5.56. The summed E-state index contributed by atoms with van der Waals surface area (Å²) in [5, 5.41) is 3.89. The van der Waals surface area contributed by atoms with Gasteiger partial charge in [0.15, 0.2) is 5.76 Å². The van der Waals surface area contributed by atoms with E-state index in [1.165, 1.54) is 18.2 Å². The van der Waals surface area contributed by atoms with Crippen LogP contribution in [-0.2, 0) is 0 Å². The number of hydrogen-bond donors (Lipinski definition) is 0. The van der Waals surface area contributed by atoms with Gasteiger partial charge in [-0.3, -0.25) is 4.79 Å². The molecule has 1 aromatic carbocycles. The van der Waals surface area contributed by atoms with E-state index in [0.717, 1.165) is 18.5 Å². The highest BCUT2D eigenvalue weighted by Gasteiger charge is 2.34. The van der Waals surface area contributed by atoms with Gasteiger partial charge in [0.2, 0.25) is 5.95 Å². The van der Waals surface area contributed by atoms with Gasteiger partial charge in [0.1, 0.15) is 5.82 Å². The number of aromatic nitrogens is 3. The predicted octanol–water partition coefficient (Wildman–Crippen LogP) is 4.28. The molecule has 1 atom stereocenters. The average Bonchev–Trinajstić information content (AvgIpc) is 3.38. The van der Waals surface area contributed by atoms with Crippen LogP contribution in [0.4, 0.5) is 10.3 Å². The zero-order valence-corrected chi connectivity index (χ0v) is 17.6. The Morgan fingerprint density at radius 3 is 2.80 bits per heavy atom. The Labute approximate surface area is 178 Å². The van der Waals surface area contributed by atoms with E-state index in [0.29, 0.717) is 35.1 Å². The van der Waals surface area contributed by atoms with Gasteiger partial charge in [-0.25, -0.2) is 14.4 Å². The van der Waals surface area contributed by atoms with Gasteiger partial charge in [0, 0.05) is 38.5 Å². The van der Waals surface area contributed by atoms with E-state index >= 15 is 0 Å². The zero-order chi connectivity index (χ0) is 21.4. The van der Waals surface area contributed by atoms with Gasteiger partial charge in [0.25, 0.3) is 5.91 Å². The second kappa shape index (κ2) is 8.02. The Bertz CT molecular complexity index is 1100. The number of nitrogens with zero attached hydrogens (tertiary/aromatic N) is 5. The quantitative estimate of drug-likeness (QED) is 0.616. The van der Waals surface area contributed by atoms with Crippen LogP contribution < -0.4 is 4.90 Å². The van der Waals surface area contributed by atoms with Crippen LogP contribution in [0.3, 0.4) is 0 Å². The maximum Gasteiger partial charge on any atom is 0.254 e. The molecule has 0 unspecified atom stereocenters. The van der Waals surface area contributed by atoms with Gasteiger partial charge in [0.05, 0.1) is 28.0 Å². The first-order valence-electron chi connectivity index (χ1n) is 9.59. The lowest BCUT2D eigenvalue weighted by Crippen LogP contribution is -2.31. The second-order valence-electron chi connectivity index (χ2n) is 7.48. The molecule has 0 N–H and O–H groups in total. The second-order valence-corrected chi connectivity index (χ2v) is 7.89. The fourth-order valence-electron chi connectivity index (χ4n) is 3.62. The van der Waals surface area contributed by atoms with E-state index < -0.39 is 5.82 Å². The summed E-state index contributed by atoms with van der Waals surface area (Å²) in [6.45, 7) is 2.40. The van der Waals surface area contributed by atoms with Crippen molar-refractivity contribution in [2.45, 2.75) is 25.8 Å². The van der Waals surface area contributed by atoms with E-state index in [-0.39, 0.29) is 17.0 Å². The predicted molar refractivity (Wildman–Crippen MR) is 111 cm³/mol. The van der Waals surface area contributed by atoms with Crippen LogP contribution in [-0.4, -0.2) is 46.6 Å². The third-order valence-electron chi connectivity index (χ3n) is 5.09. The van der Waals surface area contributed by atoms with Gasteiger partial charge in [-0.15, -0.1) is 0 Å². The van der Waals surface area contributed by atoms with Crippen molar-refractivity contribution in [2.75, 3.05) is 25.5 Å². The minimum Gasteiger partial charge on any atom is -0.356 e. The lowest BCUT2D eigenvalue weighted by molar-refractivity contribution is 0.0733. The number of likely N-dealkylation sites (tertiary alicyclic amines) is 1. The molecule has 7 nitrogen and oxygen atoms in total. The fraction of sp³-hybridized carbons (Fsp3) is 0.333. The van der Waals surface area contributed by atoms with Crippen molar-refractivity contribution < 1.29 is 13.7 Å². The van der Waals surface area contributed by atoms with Gasteiger partial charge >= 0.3 is 0 Å². The van der Waals surface area contributed by atoms with Crippen molar-refractivity contribution in [1.29, 1.82) is 0 Å². The van der Waals surface area contributed by atoms with Crippen molar-refractivity contribution >= 4 is 23.5 Å². The number of carbonyl (C=O) groups is 1. The number of amides is 1. The Morgan fingerprint density at radius 2 is 2.13 bits per heavy atom. The molecule has 0 radical (unpaired) electrons. The van der Waals surface area contributed by atoms with Gasteiger partial charge in [-0.05, 0) is 38.0 Å². The molecule has 1 fully saturated rings. The highest BCUT2D eigenvalue weighted by Crippen LogP contribution is 2.38. The maximum absolute atomic E-state index is 13.5. The molecule has 4 rings (SSSR count). The van der Waals surface area contributed by atoms with Crippen LogP contribution >= 0.6 is 11.6 Å². The van der Waals surface area contributed by atoms with E-state index in [2.05, 4.69) is 10.1 Å². The number of halogens is 2. The number of benzene rings is 1. The molecule has 3 heterocycles. The first-order chi connectivity index (χ1) is 14.3. The highest BCUT2D eigenvalue weighted by molar-refractivity contribution is 6.31. The summed E-state index contributed by atoms with van der Waals surface area (Å²) in [6.07, 6.45) is 3.26. The van der Waals surface area contributed by atoms with Crippen LogP contribution in [0.2, 0.25) is 5.02 Å². The van der Waals surface area contributed by atoms with Gasteiger partial charge < -0.3 is 14.3 Å². The molecular weight excluding hydrogens is 409 g/mol. The van der Waals surface area contributed by atoms with E-state index in [1.807, 2.05) is 27.1 Å². The number of rotatable bonds is 4. The van der Waals surface area contributed by atoms with Crippen LogP contribution in [0, 0.1) is 12.7 Å². The molecule has 30 heavy (non-hydrogen) atoms. The van der Waals surface area contributed by atoms with E-state index in [4.69, 9.17) is 21.1 Å². The first kappa shape index (κ1) is 20.3. The third-order valence-corrected chi connectivity index (χ3v) is 5.38. The maximum atomic E-state index is 13.5. The summed E-state index contributed by atoms with van der Waals surface area (Å²) in [4.78, 5) is 25.9. The average molecular weight is 430 g/mol. The van der Waals surface area contributed by atoms with Crippen molar-refractivity contribution in [2.24, 2.45) is 0 Å². The number of carbonyl (C=O) groups excluding carboxylic acids is 1. The number of hydrogen-bond acceptors (Lipinski definition) is 6. The fourth-order valence-corrected chi connectivity index (χ4v) is 3.80. The Kier molecular flexibility index (Phi) is 5.42. The normalized spacial score (nSPS) is 16.2. The molecule has 156 valence electrons. The molecule has 3 aromatic rings. The molecule has 0 saturated carbocycles. The molecule has 0 aliphatic carbocycles. The minimum absolute atomic E-state index is 0.0775. The summed E-state index contributed by atoms with van der Waals surface area (Å²) in [5.74, 6) is 0.316. The zero-order valence-electron chi connectivity index (χ0n) is 16.9. The summed E-state index contributed by atoms with van der Waals surface area (Å²) in [5.41, 5.74) is 2.48. The SMILES string of the molecule is Cc1cc(-c2cnc(N(C)C)nc2[C@@H]2CCCN2C(=O)c2ccc(F)c(Cl)c2)on1. The Balaban J connectivity index is 1.76. The lowest BCUT2D eigenvalue weighted by atomic mass is 10.0. The van der Waals surface area contributed by atoms with Crippen LogP contribution in [0.15, 0.2) is 35.0 Å². The molecular formula is C21H21ClFN5O2. The molecule has 1 saturated heterocycles. The van der Waals surface area contributed by atoms with Crippen molar-refractivity contribution in [3.05, 3.63) is 58.3 Å². The van der Waals surface area contributed by atoms with Crippen molar-refractivity contribution in [1.82, 2.24) is 20.0 Å². The van der Waals surface area contributed by atoms with Gasteiger partial charge in [-0.1, -0.05) is 16.8 Å².